The van der Waals surface area contributed by atoms with E-state index in [4.69, 9.17) is 6.42 Å². The van der Waals surface area contributed by atoms with Gasteiger partial charge in [-0.2, -0.15) is 0 Å². The number of nitrogens with one attached hydrogen (secondary N) is 1. The number of terminal acetylenes is 1. The van der Waals surface area contributed by atoms with Gasteiger partial charge in [-0.05, 0) is 24.1 Å². The van der Waals surface area contributed by atoms with Crippen molar-refractivity contribution in [2.24, 2.45) is 0 Å². The van der Waals surface area contributed by atoms with Crippen LogP contribution < -0.4 is 4.72 Å². The zero-order valence-corrected chi connectivity index (χ0v) is 11.7. The first-order chi connectivity index (χ1) is 8.10. The Bertz CT molecular complexity index is 488. The zero-order valence-electron chi connectivity index (χ0n) is 9.32. The second kappa shape index (κ2) is 6.80. The van der Waals surface area contributed by atoms with E-state index >= 15 is 0 Å². The Balaban J connectivity index is 2.66. The first-order valence-electron chi connectivity index (χ1n) is 5.18. The van der Waals surface area contributed by atoms with E-state index in [9.17, 15) is 8.42 Å². The van der Waals surface area contributed by atoms with Crippen molar-refractivity contribution in [2.75, 3.05) is 6.54 Å². The van der Waals surface area contributed by atoms with Gasteiger partial charge in [0.2, 0.25) is 10.0 Å². The van der Waals surface area contributed by atoms with Crippen LogP contribution in [0, 0.1) is 12.3 Å². The molecule has 0 unspecified atom stereocenters. The summed E-state index contributed by atoms with van der Waals surface area (Å²) in [6.07, 6.45) is 6.31. The second-order valence-electron chi connectivity index (χ2n) is 3.48. The molecule has 3 nitrogen and oxygen atoms in total. The van der Waals surface area contributed by atoms with Crippen LogP contribution in [-0.2, 0) is 15.4 Å². The summed E-state index contributed by atoms with van der Waals surface area (Å²) >= 11 is 3.31. The van der Waals surface area contributed by atoms with Crippen molar-refractivity contribution in [2.45, 2.75) is 23.1 Å². The number of benzene rings is 1. The van der Waals surface area contributed by atoms with Crippen molar-refractivity contribution in [3.63, 3.8) is 0 Å². The lowest BCUT2D eigenvalue weighted by Gasteiger charge is -2.06. The molecule has 0 heterocycles. The number of alkyl halides is 1. The minimum atomic E-state index is -3.40. The third-order valence-electron chi connectivity index (χ3n) is 2.18. The molecule has 0 fully saturated rings. The maximum Gasteiger partial charge on any atom is 0.240 e. The summed E-state index contributed by atoms with van der Waals surface area (Å²) in [6.45, 7) is 0.368. The number of rotatable bonds is 6. The van der Waals surface area contributed by atoms with E-state index in [2.05, 4.69) is 26.6 Å². The van der Waals surface area contributed by atoms with Crippen LogP contribution in [-0.4, -0.2) is 15.0 Å². The van der Waals surface area contributed by atoms with Crippen LogP contribution >= 0.6 is 15.9 Å². The van der Waals surface area contributed by atoms with Crippen molar-refractivity contribution in [3.05, 3.63) is 29.8 Å². The highest BCUT2D eigenvalue weighted by atomic mass is 79.9. The minimum absolute atomic E-state index is 0.280. The summed E-state index contributed by atoms with van der Waals surface area (Å²) in [5, 5.41) is 0.711. The first-order valence-corrected chi connectivity index (χ1v) is 7.78. The van der Waals surface area contributed by atoms with E-state index in [0.717, 1.165) is 5.56 Å². The van der Waals surface area contributed by atoms with Crippen molar-refractivity contribution >= 4 is 26.0 Å². The van der Waals surface area contributed by atoms with Gasteiger partial charge in [-0.3, -0.25) is 0 Å². The van der Waals surface area contributed by atoms with Gasteiger partial charge in [-0.15, -0.1) is 12.3 Å². The highest BCUT2D eigenvalue weighted by Crippen LogP contribution is 2.12. The molecule has 0 aromatic heterocycles. The highest BCUT2D eigenvalue weighted by Gasteiger charge is 2.12. The third kappa shape index (κ3) is 4.50. The fourth-order valence-corrected chi connectivity index (χ4v) is 2.69. The average molecular weight is 316 g/mol. The molecule has 0 atom stereocenters. The summed E-state index contributed by atoms with van der Waals surface area (Å²) in [6, 6.07) is 6.76. The second-order valence-corrected chi connectivity index (χ2v) is 5.81. The Morgan fingerprint density at radius 3 is 2.47 bits per heavy atom. The molecule has 0 aliphatic rings. The van der Waals surface area contributed by atoms with Crippen LogP contribution in [0.2, 0.25) is 0 Å². The number of hydrogen-bond acceptors (Lipinski definition) is 2. The molecule has 0 radical (unpaired) electrons. The molecule has 0 bridgehead atoms. The van der Waals surface area contributed by atoms with Gasteiger partial charge in [0.1, 0.15) is 0 Å². The molecule has 92 valence electrons. The van der Waals surface area contributed by atoms with E-state index in [-0.39, 0.29) is 4.90 Å². The average Bonchev–Trinajstić information content (AvgIpc) is 2.35. The van der Waals surface area contributed by atoms with Crippen molar-refractivity contribution in [3.8, 4) is 12.3 Å². The molecule has 0 amide bonds. The maximum atomic E-state index is 11.8. The Kier molecular flexibility index (Phi) is 5.69. The number of halogens is 1. The van der Waals surface area contributed by atoms with Crippen molar-refractivity contribution in [1.82, 2.24) is 4.72 Å². The molecule has 0 saturated carbocycles. The van der Waals surface area contributed by atoms with Crippen LogP contribution in [0.15, 0.2) is 29.2 Å². The molecular formula is C12H14BrNO2S. The standard InChI is InChI=1S/C12H14BrNO2S/c1-2-3-4-9-14-17(15,16)12-7-5-11(10-13)6-8-12/h1,5-8,14H,3-4,9-10H2. The Labute approximate surface area is 111 Å². The molecule has 17 heavy (non-hydrogen) atoms. The largest absolute Gasteiger partial charge is 0.240 e. The molecule has 1 aromatic carbocycles. The highest BCUT2D eigenvalue weighted by molar-refractivity contribution is 9.08. The van der Waals surface area contributed by atoms with Crippen LogP contribution in [0.3, 0.4) is 0 Å². The Hall–Kier alpha value is -0.830. The van der Waals surface area contributed by atoms with Gasteiger partial charge in [0.15, 0.2) is 0 Å². The van der Waals surface area contributed by atoms with Crippen LogP contribution in [0.1, 0.15) is 18.4 Å². The molecule has 5 heteroatoms. The lowest BCUT2D eigenvalue weighted by Crippen LogP contribution is -2.24. The van der Waals surface area contributed by atoms with Gasteiger partial charge in [0.05, 0.1) is 4.90 Å². The molecule has 1 rings (SSSR count). The molecule has 0 aliphatic heterocycles. The lowest BCUT2D eigenvalue weighted by molar-refractivity contribution is 0.579. The van der Waals surface area contributed by atoms with Crippen molar-refractivity contribution < 1.29 is 8.42 Å². The van der Waals surface area contributed by atoms with Crippen molar-refractivity contribution in [1.29, 1.82) is 0 Å². The van der Waals surface area contributed by atoms with Crippen LogP contribution in [0.4, 0.5) is 0 Å². The summed E-state index contributed by atoms with van der Waals surface area (Å²) < 4.78 is 26.2. The summed E-state index contributed by atoms with van der Waals surface area (Å²) in [5.74, 6) is 2.47. The molecule has 0 spiro atoms. The van der Waals surface area contributed by atoms with E-state index < -0.39 is 10.0 Å². The monoisotopic (exact) mass is 315 g/mol. The molecule has 0 saturated heterocycles. The smallest absolute Gasteiger partial charge is 0.211 e. The molecule has 0 aliphatic carbocycles. The van der Waals surface area contributed by atoms with Gasteiger partial charge in [-0.1, -0.05) is 28.1 Å². The first kappa shape index (κ1) is 14.2. The SMILES string of the molecule is C#CCCCNS(=O)(=O)c1ccc(CBr)cc1. The minimum Gasteiger partial charge on any atom is -0.211 e. The third-order valence-corrected chi connectivity index (χ3v) is 4.30. The number of unbranched alkanes of at least 4 members (excludes halogenated alkanes) is 1. The van der Waals surface area contributed by atoms with E-state index in [0.29, 0.717) is 24.7 Å². The van der Waals surface area contributed by atoms with Gasteiger partial charge in [0, 0.05) is 18.3 Å². The maximum absolute atomic E-state index is 11.8. The predicted octanol–water partition coefficient (Wildman–Crippen LogP) is 2.27. The number of sulfonamides is 1. The predicted molar refractivity (Wildman–Crippen MR) is 72.3 cm³/mol. The summed E-state index contributed by atoms with van der Waals surface area (Å²) in [4.78, 5) is 0.280. The summed E-state index contributed by atoms with van der Waals surface area (Å²) in [7, 11) is -3.40. The van der Waals surface area contributed by atoms with Gasteiger partial charge in [0.25, 0.3) is 0 Å². The summed E-state index contributed by atoms with van der Waals surface area (Å²) in [5.41, 5.74) is 1.04. The topological polar surface area (TPSA) is 46.2 Å². The van der Waals surface area contributed by atoms with Crippen LogP contribution in [0.25, 0.3) is 0 Å². The quantitative estimate of drug-likeness (QED) is 0.497. The fourth-order valence-electron chi connectivity index (χ4n) is 1.24. The van der Waals surface area contributed by atoms with Gasteiger partial charge < -0.3 is 0 Å². The lowest BCUT2D eigenvalue weighted by atomic mass is 10.2. The van der Waals surface area contributed by atoms with Crippen LogP contribution in [0.5, 0.6) is 0 Å². The van der Waals surface area contributed by atoms with E-state index in [1.807, 2.05) is 0 Å². The Morgan fingerprint density at radius 2 is 1.94 bits per heavy atom. The molecular weight excluding hydrogens is 302 g/mol. The Morgan fingerprint density at radius 1 is 1.29 bits per heavy atom. The zero-order chi connectivity index (χ0) is 12.7. The van der Waals surface area contributed by atoms with Gasteiger partial charge >= 0.3 is 0 Å². The number of hydrogen-bond donors (Lipinski definition) is 1. The van der Waals surface area contributed by atoms with Gasteiger partial charge in [-0.25, -0.2) is 13.1 Å². The van der Waals surface area contributed by atoms with E-state index in [1.165, 1.54) is 0 Å². The molecule has 1 N–H and O–H groups in total. The molecule has 1 aromatic rings. The van der Waals surface area contributed by atoms with E-state index in [1.54, 1.807) is 24.3 Å². The normalized spacial score (nSPS) is 11.1. The fraction of sp³-hybridized carbons (Fsp3) is 0.333.